The number of nitrogens with one attached hydrogen (secondary N) is 1. The molecule has 0 radical (unpaired) electrons. The van der Waals surface area contributed by atoms with E-state index in [1.54, 1.807) is 0 Å². The minimum atomic E-state index is 0.371. The van der Waals surface area contributed by atoms with Gasteiger partial charge in [-0.1, -0.05) is 18.5 Å². The fourth-order valence-electron chi connectivity index (χ4n) is 1.38. The van der Waals surface area contributed by atoms with E-state index in [1.165, 1.54) is 0 Å². The molecular formula is C13H20ClNO. The van der Waals surface area contributed by atoms with Crippen LogP contribution in [0.5, 0.6) is 5.75 Å². The molecule has 0 aliphatic heterocycles. The van der Waals surface area contributed by atoms with Crippen molar-refractivity contribution >= 4 is 11.6 Å². The summed E-state index contributed by atoms with van der Waals surface area (Å²) in [6.07, 6.45) is 1.14. The molecule has 0 saturated heterocycles. The monoisotopic (exact) mass is 241 g/mol. The summed E-state index contributed by atoms with van der Waals surface area (Å²) >= 11 is 5.94. The normalized spacial score (nSPS) is 12.5. The summed E-state index contributed by atoms with van der Waals surface area (Å²) in [5.74, 6) is 0.882. The van der Waals surface area contributed by atoms with Crippen molar-refractivity contribution in [1.29, 1.82) is 0 Å². The first-order valence-electron chi connectivity index (χ1n) is 5.75. The van der Waals surface area contributed by atoms with Gasteiger partial charge in [0, 0.05) is 11.1 Å². The molecule has 0 bridgehead atoms. The van der Waals surface area contributed by atoms with E-state index in [0.717, 1.165) is 29.3 Å². The third kappa shape index (κ3) is 4.42. The Labute approximate surface area is 103 Å². The number of hydrogen-bond acceptors (Lipinski definition) is 2. The zero-order valence-corrected chi connectivity index (χ0v) is 11.0. The van der Waals surface area contributed by atoms with Gasteiger partial charge in [0.2, 0.25) is 0 Å². The van der Waals surface area contributed by atoms with Crippen LogP contribution in [0.15, 0.2) is 18.2 Å². The summed E-state index contributed by atoms with van der Waals surface area (Å²) in [6.45, 7) is 7.97. The Kier molecular flexibility index (Phi) is 5.64. The third-order valence-corrected chi connectivity index (χ3v) is 2.80. The van der Waals surface area contributed by atoms with E-state index in [9.17, 15) is 0 Å². The highest BCUT2D eigenvalue weighted by Gasteiger charge is 2.02. The minimum absolute atomic E-state index is 0.371. The first kappa shape index (κ1) is 13.3. The van der Waals surface area contributed by atoms with Crippen molar-refractivity contribution in [2.24, 2.45) is 0 Å². The summed E-state index contributed by atoms with van der Waals surface area (Å²) < 4.78 is 5.68. The molecule has 0 aliphatic rings. The summed E-state index contributed by atoms with van der Waals surface area (Å²) in [5, 5.41) is 4.16. The second-order valence-corrected chi connectivity index (χ2v) is 4.48. The predicted octanol–water partition coefficient (Wildman–Crippen LogP) is 3.42. The average Bonchev–Trinajstić information content (AvgIpc) is 2.28. The van der Waals surface area contributed by atoms with E-state index in [0.29, 0.717) is 12.6 Å². The Balaban J connectivity index is 2.39. The summed E-state index contributed by atoms with van der Waals surface area (Å²) in [5.41, 5.74) is 1.05. The van der Waals surface area contributed by atoms with E-state index in [2.05, 4.69) is 19.2 Å². The van der Waals surface area contributed by atoms with Crippen LogP contribution in [-0.4, -0.2) is 19.2 Å². The standard InChI is InChI=1S/C13H20ClNO/c1-4-7-15-11(3)9-16-12-5-6-13(14)10(2)8-12/h5-6,8,11,15H,4,7,9H2,1-3H3. The smallest absolute Gasteiger partial charge is 0.119 e. The van der Waals surface area contributed by atoms with Crippen molar-refractivity contribution in [2.75, 3.05) is 13.2 Å². The maximum atomic E-state index is 5.94. The van der Waals surface area contributed by atoms with Crippen LogP contribution in [-0.2, 0) is 0 Å². The van der Waals surface area contributed by atoms with Crippen LogP contribution in [0.25, 0.3) is 0 Å². The molecule has 0 heterocycles. The molecule has 0 aliphatic carbocycles. The summed E-state index contributed by atoms with van der Waals surface area (Å²) in [6, 6.07) is 6.11. The quantitative estimate of drug-likeness (QED) is 0.824. The van der Waals surface area contributed by atoms with Crippen LogP contribution in [0, 0.1) is 6.92 Å². The van der Waals surface area contributed by atoms with Gasteiger partial charge in [0.15, 0.2) is 0 Å². The maximum Gasteiger partial charge on any atom is 0.119 e. The molecule has 2 nitrogen and oxygen atoms in total. The van der Waals surface area contributed by atoms with Crippen LogP contribution < -0.4 is 10.1 Å². The number of hydrogen-bond donors (Lipinski definition) is 1. The van der Waals surface area contributed by atoms with Gasteiger partial charge in [0.05, 0.1) is 0 Å². The molecule has 1 unspecified atom stereocenters. The van der Waals surface area contributed by atoms with Gasteiger partial charge >= 0.3 is 0 Å². The van der Waals surface area contributed by atoms with Crippen LogP contribution >= 0.6 is 11.6 Å². The molecule has 0 saturated carbocycles. The van der Waals surface area contributed by atoms with Crippen LogP contribution in [0.3, 0.4) is 0 Å². The SMILES string of the molecule is CCCNC(C)COc1ccc(Cl)c(C)c1. The highest BCUT2D eigenvalue weighted by Crippen LogP contribution is 2.20. The molecule has 16 heavy (non-hydrogen) atoms. The van der Waals surface area contributed by atoms with Crippen LogP contribution in [0.1, 0.15) is 25.8 Å². The van der Waals surface area contributed by atoms with Gasteiger partial charge < -0.3 is 10.1 Å². The molecule has 0 aromatic heterocycles. The third-order valence-electron chi connectivity index (χ3n) is 2.37. The molecule has 1 aromatic carbocycles. The van der Waals surface area contributed by atoms with Gasteiger partial charge in [-0.2, -0.15) is 0 Å². The molecular weight excluding hydrogens is 222 g/mol. The fraction of sp³-hybridized carbons (Fsp3) is 0.538. The van der Waals surface area contributed by atoms with Gasteiger partial charge in [-0.3, -0.25) is 0 Å². The van der Waals surface area contributed by atoms with E-state index in [-0.39, 0.29) is 0 Å². The molecule has 0 amide bonds. The number of ether oxygens (including phenoxy) is 1. The zero-order valence-electron chi connectivity index (χ0n) is 10.2. The average molecular weight is 242 g/mol. The lowest BCUT2D eigenvalue weighted by molar-refractivity contribution is 0.273. The number of halogens is 1. The second-order valence-electron chi connectivity index (χ2n) is 4.08. The first-order chi connectivity index (χ1) is 7.63. The van der Waals surface area contributed by atoms with Crippen molar-refractivity contribution in [3.63, 3.8) is 0 Å². The lowest BCUT2D eigenvalue weighted by Crippen LogP contribution is -2.32. The Morgan fingerprint density at radius 1 is 1.44 bits per heavy atom. The Bertz CT molecular complexity index is 328. The molecule has 0 fully saturated rings. The maximum absolute atomic E-state index is 5.94. The van der Waals surface area contributed by atoms with E-state index in [1.807, 2.05) is 25.1 Å². The highest BCUT2D eigenvalue weighted by molar-refractivity contribution is 6.31. The minimum Gasteiger partial charge on any atom is -0.492 e. The molecule has 3 heteroatoms. The van der Waals surface area contributed by atoms with Crippen molar-refractivity contribution in [3.8, 4) is 5.75 Å². The van der Waals surface area contributed by atoms with Crippen LogP contribution in [0.2, 0.25) is 5.02 Å². The largest absolute Gasteiger partial charge is 0.492 e. The number of benzene rings is 1. The number of aryl methyl sites for hydroxylation is 1. The molecule has 1 aromatic rings. The first-order valence-corrected chi connectivity index (χ1v) is 6.13. The highest BCUT2D eigenvalue weighted by atomic mass is 35.5. The lowest BCUT2D eigenvalue weighted by atomic mass is 10.2. The molecule has 1 N–H and O–H groups in total. The van der Waals surface area contributed by atoms with Gasteiger partial charge in [-0.25, -0.2) is 0 Å². The molecule has 1 rings (SSSR count). The van der Waals surface area contributed by atoms with Crippen LogP contribution in [0.4, 0.5) is 0 Å². The van der Waals surface area contributed by atoms with Gasteiger partial charge in [-0.05, 0) is 50.6 Å². The Hall–Kier alpha value is -0.730. The zero-order chi connectivity index (χ0) is 12.0. The molecule has 1 atom stereocenters. The number of rotatable bonds is 6. The van der Waals surface area contributed by atoms with E-state index in [4.69, 9.17) is 16.3 Å². The summed E-state index contributed by atoms with van der Waals surface area (Å²) in [4.78, 5) is 0. The Morgan fingerprint density at radius 2 is 2.19 bits per heavy atom. The van der Waals surface area contributed by atoms with Gasteiger partial charge in [0.1, 0.15) is 12.4 Å². The molecule has 90 valence electrons. The fourth-order valence-corrected chi connectivity index (χ4v) is 1.50. The Morgan fingerprint density at radius 3 is 2.81 bits per heavy atom. The van der Waals surface area contributed by atoms with Crippen molar-refractivity contribution in [3.05, 3.63) is 28.8 Å². The van der Waals surface area contributed by atoms with E-state index < -0.39 is 0 Å². The van der Waals surface area contributed by atoms with Crippen molar-refractivity contribution in [1.82, 2.24) is 5.32 Å². The van der Waals surface area contributed by atoms with Gasteiger partial charge in [0.25, 0.3) is 0 Å². The topological polar surface area (TPSA) is 21.3 Å². The lowest BCUT2D eigenvalue weighted by Gasteiger charge is -2.14. The van der Waals surface area contributed by atoms with Crippen molar-refractivity contribution in [2.45, 2.75) is 33.2 Å². The summed E-state index contributed by atoms with van der Waals surface area (Å²) in [7, 11) is 0. The van der Waals surface area contributed by atoms with E-state index >= 15 is 0 Å². The van der Waals surface area contributed by atoms with Gasteiger partial charge in [-0.15, -0.1) is 0 Å². The molecule has 0 spiro atoms. The van der Waals surface area contributed by atoms with Crippen molar-refractivity contribution < 1.29 is 4.74 Å². The predicted molar refractivity (Wildman–Crippen MR) is 69.4 cm³/mol. The second kappa shape index (κ2) is 6.77.